The Morgan fingerprint density at radius 1 is 1.88 bits per heavy atom. The van der Waals surface area contributed by atoms with Gasteiger partial charge in [0.05, 0.1) is 6.04 Å². The van der Waals surface area contributed by atoms with Crippen LogP contribution in [0.15, 0.2) is 0 Å². The van der Waals surface area contributed by atoms with Crippen LogP contribution in [0.1, 0.15) is 0 Å². The summed E-state index contributed by atoms with van der Waals surface area (Å²) in [6.07, 6.45) is 0. The standard InChI is InChI=1S/C4H7N2OS/c5-4(7)3-1-8-2-6-3/h3,5-6H,1-2H2. The van der Waals surface area contributed by atoms with Gasteiger partial charge in [-0.25, -0.2) is 0 Å². The molecule has 0 bridgehead atoms. The van der Waals surface area contributed by atoms with Gasteiger partial charge < -0.3 is 0 Å². The van der Waals surface area contributed by atoms with Gasteiger partial charge in [-0.15, -0.1) is 11.8 Å². The molecule has 1 rings (SSSR count). The predicted molar refractivity (Wildman–Crippen MR) is 32.4 cm³/mol. The molecule has 1 heterocycles. The average molecular weight is 131 g/mol. The number of thioether (sulfide) groups is 1. The molecule has 8 heavy (non-hydrogen) atoms. The minimum atomic E-state index is -0.491. The van der Waals surface area contributed by atoms with Crippen LogP contribution in [0.3, 0.4) is 0 Å². The van der Waals surface area contributed by atoms with Gasteiger partial charge in [0, 0.05) is 11.6 Å². The van der Waals surface area contributed by atoms with Crippen LogP contribution in [0.25, 0.3) is 0 Å². The highest BCUT2D eigenvalue weighted by molar-refractivity contribution is 7.99. The SMILES string of the molecule is [NH]C(=O)C1CSCN1. The van der Waals surface area contributed by atoms with E-state index in [0.29, 0.717) is 0 Å². The van der Waals surface area contributed by atoms with Crippen molar-refractivity contribution in [2.45, 2.75) is 6.04 Å². The molecule has 2 N–H and O–H groups in total. The molecule has 0 spiro atoms. The highest BCUT2D eigenvalue weighted by Crippen LogP contribution is 2.08. The molecule has 0 aromatic rings. The number of carbonyl (C=O) groups excluding carboxylic acids is 1. The Balaban J connectivity index is 2.35. The summed E-state index contributed by atoms with van der Waals surface area (Å²) in [5.74, 6) is 1.09. The molecule has 3 nitrogen and oxygen atoms in total. The minimum absolute atomic E-state index is 0.194. The first kappa shape index (κ1) is 5.91. The second kappa shape index (κ2) is 2.37. The Bertz CT molecular complexity index is 100. The summed E-state index contributed by atoms with van der Waals surface area (Å²) in [4.78, 5) is 10.2. The molecule has 1 saturated heterocycles. The monoisotopic (exact) mass is 131 g/mol. The number of hydrogen-bond donors (Lipinski definition) is 1. The molecule has 0 aromatic heterocycles. The van der Waals surface area contributed by atoms with Crippen molar-refractivity contribution < 1.29 is 4.79 Å². The van der Waals surface area contributed by atoms with E-state index in [1.54, 1.807) is 11.8 Å². The third-order valence-corrected chi connectivity index (χ3v) is 1.97. The van der Waals surface area contributed by atoms with Gasteiger partial charge in [0.1, 0.15) is 0 Å². The van der Waals surface area contributed by atoms with Crippen LogP contribution >= 0.6 is 11.8 Å². The third-order valence-electron chi connectivity index (χ3n) is 1.03. The van der Waals surface area contributed by atoms with Gasteiger partial charge in [-0.1, -0.05) is 0 Å². The van der Waals surface area contributed by atoms with Crippen molar-refractivity contribution in [1.29, 1.82) is 0 Å². The topological polar surface area (TPSA) is 52.9 Å². The first-order chi connectivity index (χ1) is 3.80. The van der Waals surface area contributed by atoms with E-state index >= 15 is 0 Å². The lowest BCUT2D eigenvalue weighted by Gasteiger charge is -1.98. The zero-order valence-corrected chi connectivity index (χ0v) is 5.12. The summed E-state index contributed by atoms with van der Waals surface area (Å²) >= 11 is 1.66. The summed E-state index contributed by atoms with van der Waals surface area (Å²) < 4.78 is 0. The molecule has 1 aliphatic heterocycles. The number of nitrogens with one attached hydrogen (secondary N) is 2. The summed E-state index contributed by atoms with van der Waals surface area (Å²) in [6.45, 7) is 0. The molecule has 1 radical (unpaired) electrons. The average Bonchev–Trinajstić information content (AvgIpc) is 2.12. The Labute approximate surface area is 52.0 Å². The molecule has 1 unspecified atom stereocenters. The molecule has 4 heteroatoms. The summed E-state index contributed by atoms with van der Waals surface area (Å²) in [7, 11) is 0. The van der Waals surface area contributed by atoms with E-state index in [2.05, 4.69) is 5.32 Å². The van der Waals surface area contributed by atoms with Crippen LogP contribution in [0.4, 0.5) is 0 Å². The van der Waals surface area contributed by atoms with Crippen molar-refractivity contribution in [3.05, 3.63) is 0 Å². The quantitative estimate of drug-likeness (QED) is 0.520. The van der Waals surface area contributed by atoms with E-state index in [-0.39, 0.29) is 6.04 Å². The Morgan fingerprint density at radius 2 is 2.62 bits per heavy atom. The lowest BCUT2D eigenvalue weighted by atomic mass is 10.3. The molecule has 1 amide bonds. The maximum absolute atomic E-state index is 10.2. The third kappa shape index (κ3) is 1.14. The summed E-state index contributed by atoms with van der Waals surface area (Å²) in [6, 6.07) is -0.194. The van der Waals surface area contributed by atoms with Crippen LogP contribution in [-0.4, -0.2) is 23.6 Å². The highest BCUT2D eigenvalue weighted by atomic mass is 32.2. The van der Waals surface area contributed by atoms with Crippen molar-refractivity contribution >= 4 is 17.7 Å². The zero-order chi connectivity index (χ0) is 5.98. The van der Waals surface area contributed by atoms with Crippen molar-refractivity contribution in [2.24, 2.45) is 0 Å². The largest absolute Gasteiger partial charge is 0.296 e. The fourth-order valence-corrected chi connectivity index (χ4v) is 1.51. The van der Waals surface area contributed by atoms with E-state index < -0.39 is 5.91 Å². The van der Waals surface area contributed by atoms with Gasteiger partial charge in [-0.05, 0) is 0 Å². The first-order valence-electron chi connectivity index (χ1n) is 2.37. The lowest BCUT2D eigenvalue weighted by Crippen LogP contribution is -2.33. The smallest absolute Gasteiger partial charge is 0.256 e. The van der Waals surface area contributed by atoms with Gasteiger partial charge in [0.15, 0.2) is 0 Å². The highest BCUT2D eigenvalue weighted by Gasteiger charge is 2.19. The number of amides is 1. The van der Waals surface area contributed by atoms with Crippen molar-refractivity contribution in [3.8, 4) is 0 Å². The van der Waals surface area contributed by atoms with Gasteiger partial charge in [-0.2, -0.15) is 0 Å². The fraction of sp³-hybridized carbons (Fsp3) is 0.750. The maximum Gasteiger partial charge on any atom is 0.256 e. The predicted octanol–water partition coefficient (Wildman–Crippen LogP) is -0.542. The van der Waals surface area contributed by atoms with Crippen molar-refractivity contribution in [3.63, 3.8) is 0 Å². The normalized spacial score (nSPS) is 28.2. The molecule has 0 aromatic carbocycles. The van der Waals surface area contributed by atoms with E-state index in [1.165, 1.54) is 0 Å². The Morgan fingerprint density at radius 3 is 2.88 bits per heavy atom. The molecule has 45 valence electrons. The Kier molecular flexibility index (Phi) is 1.75. The van der Waals surface area contributed by atoms with Gasteiger partial charge in [0.2, 0.25) is 0 Å². The molecular formula is C4H7N2OS. The molecule has 0 aliphatic carbocycles. The molecule has 0 saturated carbocycles. The van der Waals surface area contributed by atoms with Crippen LogP contribution in [0.2, 0.25) is 0 Å². The minimum Gasteiger partial charge on any atom is -0.296 e. The second-order valence-corrected chi connectivity index (χ2v) is 2.67. The number of carbonyl (C=O) groups is 1. The second-order valence-electron chi connectivity index (χ2n) is 1.64. The zero-order valence-electron chi connectivity index (χ0n) is 4.31. The number of rotatable bonds is 1. The number of hydrogen-bond acceptors (Lipinski definition) is 3. The van der Waals surface area contributed by atoms with Gasteiger partial charge >= 0.3 is 0 Å². The van der Waals surface area contributed by atoms with E-state index in [4.69, 9.17) is 5.73 Å². The van der Waals surface area contributed by atoms with Crippen molar-refractivity contribution in [2.75, 3.05) is 11.6 Å². The van der Waals surface area contributed by atoms with Crippen LogP contribution in [-0.2, 0) is 4.79 Å². The van der Waals surface area contributed by atoms with Crippen LogP contribution in [0.5, 0.6) is 0 Å². The molecular weight excluding hydrogens is 124 g/mol. The van der Waals surface area contributed by atoms with E-state index in [0.717, 1.165) is 11.6 Å². The first-order valence-corrected chi connectivity index (χ1v) is 3.53. The maximum atomic E-state index is 10.2. The lowest BCUT2D eigenvalue weighted by molar-refractivity contribution is -0.119. The van der Waals surface area contributed by atoms with Crippen LogP contribution < -0.4 is 11.1 Å². The fourth-order valence-electron chi connectivity index (χ4n) is 0.564. The van der Waals surface area contributed by atoms with Gasteiger partial charge in [-0.3, -0.25) is 15.8 Å². The Hall–Kier alpha value is -0.220. The van der Waals surface area contributed by atoms with E-state index in [9.17, 15) is 4.79 Å². The summed E-state index contributed by atoms with van der Waals surface area (Å²) in [5.41, 5.74) is 6.66. The van der Waals surface area contributed by atoms with Crippen molar-refractivity contribution in [1.82, 2.24) is 11.1 Å². The molecule has 1 aliphatic rings. The summed E-state index contributed by atoms with van der Waals surface area (Å²) in [5, 5.41) is 2.88. The van der Waals surface area contributed by atoms with Gasteiger partial charge in [0.25, 0.3) is 5.91 Å². The molecule has 1 atom stereocenters. The molecule has 1 fully saturated rings. The van der Waals surface area contributed by atoms with E-state index in [1.807, 2.05) is 0 Å². The van der Waals surface area contributed by atoms with Crippen LogP contribution in [0, 0.1) is 0 Å².